The molecule has 1 aromatic rings. The molecular weight excluding hydrogens is 412 g/mol. The summed E-state index contributed by atoms with van der Waals surface area (Å²) in [6, 6.07) is 5.29. The van der Waals surface area contributed by atoms with Gasteiger partial charge in [0.05, 0.1) is 25.9 Å². The van der Waals surface area contributed by atoms with E-state index in [1.54, 1.807) is 39.3 Å². The molecule has 0 aliphatic carbocycles. The van der Waals surface area contributed by atoms with Gasteiger partial charge < -0.3 is 44.3 Å². The second-order valence-electron chi connectivity index (χ2n) is 4.79. The van der Waals surface area contributed by atoms with Crippen molar-refractivity contribution >= 4 is 17.6 Å². The Hall–Kier alpha value is 0.293. The first-order valence-electron chi connectivity index (χ1n) is 7.53. The Kier molecular flexibility index (Phi) is 30.1. The van der Waals surface area contributed by atoms with Gasteiger partial charge >= 0.3 is 103 Å². The molecule has 1 amide bonds. The molecule has 0 fully saturated rings. The van der Waals surface area contributed by atoms with Crippen molar-refractivity contribution in [2.75, 3.05) is 14.2 Å². The largest absolute Gasteiger partial charge is 1.00 e. The summed E-state index contributed by atoms with van der Waals surface area (Å²) in [5.41, 5.74) is 0.730. The van der Waals surface area contributed by atoms with Crippen LogP contribution in [0.4, 0.5) is 0 Å². The molecule has 1 rings (SSSR count). The Morgan fingerprint density at radius 3 is 2.07 bits per heavy atom. The SMILES string of the molecule is COc1ccc([C-]=CC(C)=O)c(OC)c1.C[C-]=C=O.[CH2-]C(=O)N[C@H]([CH2-])C.[K+].[K+]. The molecule has 0 spiro atoms. The third-order valence-corrected chi connectivity index (χ3v) is 2.35. The molecule has 0 bridgehead atoms. The Labute approximate surface area is 253 Å². The van der Waals surface area contributed by atoms with Crippen LogP contribution in [-0.2, 0) is 14.4 Å². The maximum absolute atomic E-state index is 10.8. The summed E-state index contributed by atoms with van der Waals surface area (Å²) < 4.78 is 10.2. The molecule has 8 heteroatoms. The predicted molar refractivity (Wildman–Crippen MR) is 100 cm³/mol. The maximum atomic E-state index is 10.8. The zero-order valence-electron chi connectivity index (χ0n) is 17.8. The Balaban J connectivity index is -0.000000188. The van der Waals surface area contributed by atoms with Gasteiger partial charge in [-0.2, -0.15) is 6.92 Å². The normalized spacial score (nSPS) is 9.36. The van der Waals surface area contributed by atoms with Crippen LogP contribution in [0.1, 0.15) is 26.3 Å². The van der Waals surface area contributed by atoms with Gasteiger partial charge in [0.15, 0.2) is 0 Å². The standard InChI is InChI=1S/C12H13O3.C5H9NO.C3H3O.2K/c1-9(13)4-5-10-6-7-11(14-2)8-12(10)15-3;1-4(2)6-5(3)7;1-2-3-4;;/h4,6-8H,1-3H3;4H,1,3H2,2H3,(H,6,7);1H3;;/q-1;-2;-1;2*+1/t;4-;;;/m.1.../s1. The van der Waals surface area contributed by atoms with Crippen molar-refractivity contribution in [1.82, 2.24) is 5.32 Å². The summed E-state index contributed by atoms with van der Waals surface area (Å²) in [7, 11) is 3.15. The first kappa shape index (κ1) is 35.7. The van der Waals surface area contributed by atoms with Crippen LogP contribution in [0.15, 0.2) is 24.3 Å². The van der Waals surface area contributed by atoms with Gasteiger partial charge in [0.25, 0.3) is 0 Å². The smallest absolute Gasteiger partial charge is 0.539 e. The van der Waals surface area contributed by atoms with E-state index in [1.807, 2.05) is 0 Å². The summed E-state index contributed by atoms with van der Waals surface area (Å²) in [4.78, 5) is 29.7. The third-order valence-electron chi connectivity index (χ3n) is 2.35. The van der Waals surface area contributed by atoms with Gasteiger partial charge in [0.2, 0.25) is 0 Å². The average Bonchev–Trinajstić information content (AvgIpc) is 2.59. The molecule has 0 saturated heterocycles. The quantitative estimate of drug-likeness (QED) is 0.223. The second-order valence-corrected chi connectivity index (χ2v) is 4.79. The van der Waals surface area contributed by atoms with Crippen molar-refractivity contribution in [1.29, 1.82) is 0 Å². The van der Waals surface area contributed by atoms with Crippen molar-refractivity contribution in [2.24, 2.45) is 0 Å². The molecule has 0 saturated carbocycles. The van der Waals surface area contributed by atoms with Crippen LogP contribution in [0, 0.1) is 26.0 Å². The van der Waals surface area contributed by atoms with Crippen LogP contribution in [-0.4, -0.2) is 37.9 Å². The first-order chi connectivity index (χ1) is 12.2. The van der Waals surface area contributed by atoms with E-state index in [0.717, 1.165) is 5.56 Å². The van der Waals surface area contributed by atoms with E-state index in [2.05, 4.69) is 31.3 Å². The topological polar surface area (TPSA) is 81.7 Å². The number of amides is 1. The summed E-state index contributed by atoms with van der Waals surface area (Å²) in [5, 5.41) is 2.44. The van der Waals surface area contributed by atoms with Crippen LogP contribution in [0.25, 0.3) is 0 Å². The minimum Gasteiger partial charge on any atom is -0.539 e. The van der Waals surface area contributed by atoms with E-state index in [1.165, 1.54) is 25.9 Å². The Morgan fingerprint density at radius 2 is 1.79 bits per heavy atom. The van der Waals surface area contributed by atoms with E-state index >= 15 is 0 Å². The van der Waals surface area contributed by atoms with E-state index in [4.69, 9.17) is 14.3 Å². The zero-order chi connectivity index (χ0) is 20.5. The fourth-order valence-corrected chi connectivity index (χ4v) is 1.37. The summed E-state index contributed by atoms with van der Waals surface area (Å²) in [6.45, 7) is 11.4. The van der Waals surface area contributed by atoms with Gasteiger partial charge in [-0.05, 0) is 13.0 Å². The molecule has 6 nitrogen and oxygen atoms in total. The number of hydrogen-bond donors (Lipinski definition) is 1. The maximum Gasteiger partial charge on any atom is 1.00 e. The van der Waals surface area contributed by atoms with Gasteiger partial charge in [0, 0.05) is 5.75 Å². The molecule has 0 heterocycles. The van der Waals surface area contributed by atoms with Crippen LogP contribution in [0.3, 0.4) is 0 Å². The van der Waals surface area contributed by atoms with Gasteiger partial charge in [-0.25, -0.2) is 0 Å². The van der Waals surface area contributed by atoms with Gasteiger partial charge in [-0.1, -0.05) is 18.9 Å². The Morgan fingerprint density at radius 1 is 1.25 bits per heavy atom. The van der Waals surface area contributed by atoms with Crippen molar-refractivity contribution in [3.05, 3.63) is 55.8 Å². The molecule has 0 aliphatic rings. The van der Waals surface area contributed by atoms with E-state index in [0.29, 0.717) is 11.5 Å². The van der Waals surface area contributed by atoms with E-state index < -0.39 is 0 Å². The number of ketones is 1. The molecular formula is C20H25K2NO5-2. The fourth-order valence-electron chi connectivity index (χ4n) is 1.37. The molecule has 0 aliphatic heterocycles. The number of benzene rings is 1. The Bertz CT molecular complexity index is 639. The number of ether oxygens (including phenoxy) is 2. The van der Waals surface area contributed by atoms with E-state index in [-0.39, 0.29) is 121 Å². The molecule has 1 N–H and O–H groups in total. The minimum absolute atomic E-state index is 0. The number of allylic oxidation sites excluding steroid dienone is 2. The molecule has 0 radical (unpaired) electrons. The number of carbonyl (C=O) groups excluding carboxylic acids is 3. The zero-order valence-corrected chi connectivity index (χ0v) is 24.1. The van der Waals surface area contributed by atoms with Gasteiger partial charge in [0.1, 0.15) is 5.75 Å². The predicted octanol–water partition coefficient (Wildman–Crippen LogP) is -3.64. The summed E-state index contributed by atoms with van der Waals surface area (Å²) in [6.07, 6.45) is 6.36. The number of rotatable bonds is 5. The van der Waals surface area contributed by atoms with Crippen molar-refractivity contribution in [2.45, 2.75) is 26.8 Å². The molecule has 0 unspecified atom stereocenters. The van der Waals surface area contributed by atoms with Crippen molar-refractivity contribution < 1.29 is 127 Å². The van der Waals surface area contributed by atoms with Gasteiger partial charge in [-0.15, -0.1) is 29.8 Å². The van der Waals surface area contributed by atoms with Crippen LogP contribution in [0.2, 0.25) is 0 Å². The van der Waals surface area contributed by atoms with Gasteiger partial charge in [-0.3, -0.25) is 4.79 Å². The first-order valence-corrected chi connectivity index (χ1v) is 7.53. The van der Waals surface area contributed by atoms with Crippen LogP contribution < -0.4 is 118 Å². The number of nitrogens with one attached hydrogen (secondary N) is 1. The molecule has 1 atom stereocenters. The molecule has 1 aromatic carbocycles. The monoisotopic (exact) mass is 437 g/mol. The summed E-state index contributed by atoms with van der Waals surface area (Å²) >= 11 is 0. The summed E-state index contributed by atoms with van der Waals surface area (Å²) in [5.74, 6) is 2.45. The molecule has 28 heavy (non-hydrogen) atoms. The second kappa shape index (κ2) is 23.6. The van der Waals surface area contributed by atoms with Crippen molar-refractivity contribution in [3.8, 4) is 11.5 Å². The molecule has 0 aromatic heterocycles. The third kappa shape index (κ3) is 22.6. The van der Waals surface area contributed by atoms with Crippen LogP contribution in [0.5, 0.6) is 11.5 Å². The fraction of sp³-hybridized carbons (Fsp3) is 0.300. The van der Waals surface area contributed by atoms with E-state index in [9.17, 15) is 9.59 Å². The number of hydrogen-bond acceptors (Lipinski definition) is 5. The number of carbonyl (C=O) groups is 2. The average molecular weight is 438 g/mol. The van der Waals surface area contributed by atoms with Crippen LogP contribution >= 0.6 is 0 Å². The number of methoxy groups -OCH3 is 2. The minimum atomic E-state index is -0.275. The van der Waals surface area contributed by atoms with Crippen molar-refractivity contribution in [3.63, 3.8) is 0 Å². The molecule has 144 valence electrons.